The summed E-state index contributed by atoms with van der Waals surface area (Å²) in [5, 5.41) is 7.74. The minimum atomic E-state index is -0.236. The van der Waals surface area contributed by atoms with Gasteiger partial charge < -0.3 is 4.90 Å². The number of benzene rings is 7. The summed E-state index contributed by atoms with van der Waals surface area (Å²) < 4.78 is 14.0. The summed E-state index contributed by atoms with van der Waals surface area (Å²) in [5.41, 5.74) is 9.62. The van der Waals surface area contributed by atoms with Gasteiger partial charge in [-0.2, -0.15) is 0 Å². The first kappa shape index (κ1) is 26.7. The lowest BCUT2D eigenvalue weighted by atomic mass is 9.78. The summed E-state index contributed by atoms with van der Waals surface area (Å²) >= 11 is 0. The quantitative estimate of drug-likeness (QED) is 0.190. The predicted molar refractivity (Wildman–Crippen MR) is 185 cm³/mol. The number of hydrogen-bond donors (Lipinski definition) is 0. The van der Waals surface area contributed by atoms with Crippen LogP contribution < -0.4 is 4.90 Å². The van der Waals surface area contributed by atoms with Crippen LogP contribution in [0.25, 0.3) is 43.4 Å². The summed E-state index contributed by atoms with van der Waals surface area (Å²) in [5.74, 6) is 0.215. The Morgan fingerprint density at radius 2 is 1.11 bits per heavy atom. The van der Waals surface area contributed by atoms with Crippen LogP contribution in [-0.2, 0) is 5.41 Å². The lowest BCUT2D eigenvalue weighted by Crippen LogP contribution is -2.16. The second-order valence-corrected chi connectivity index (χ2v) is 12.9. The van der Waals surface area contributed by atoms with E-state index in [0.717, 1.165) is 17.1 Å². The van der Waals surface area contributed by atoms with Crippen molar-refractivity contribution in [3.05, 3.63) is 150 Å². The fourth-order valence-corrected chi connectivity index (χ4v) is 7.58. The number of rotatable bonds is 4. The van der Waals surface area contributed by atoms with Crippen LogP contribution in [0.5, 0.6) is 0 Å². The second kappa shape index (κ2) is 9.79. The molecule has 7 aromatic rings. The molecule has 0 atom stereocenters. The molecule has 0 bridgehead atoms. The van der Waals surface area contributed by atoms with Gasteiger partial charge in [0.25, 0.3) is 0 Å². The first-order valence-corrected chi connectivity index (χ1v) is 15.5. The van der Waals surface area contributed by atoms with E-state index >= 15 is 0 Å². The highest BCUT2D eigenvalue weighted by Gasteiger charge is 2.39. The highest BCUT2D eigenvalue weighted by atomic mass is 19.1. The first-order valence-electron chi connectivity index (χ1n) is 15.5. The Kier molecular flexibility index (Phi) is 5.93. The maximum absolute atomic E-state index is 14.0. The predicted octanol–water partition coefficient (Wildman–Crippen LogP) is 12.2. The van der Waals surface area contributed by atoms with E-state index in [1.54, 1.807) is 0 Å². The van der Waals surface area contributed by atoms with Gasteiger partial charge in [0.05, 0.1) is 0 Å². The van der Waals surface area contributed by atoms with Crippen molar-refractivity contribution in [2.75, 3.05) is 4.90 Å². The van der Waals surface area contributed by atoms with Crippen molar-refractivity contribution in [1.29, 1.82) is 0 Å². The molecule has 1 nitrogen and oxygen atoms in total. The maximum Gasteiger partial charge on any atom is 0.123 e. The molecule has 1 aliphatic carbocycles. The van der Waals surface area contributed by atoms with Gasteiger partial charge in [-0.05, 0) is 115 Å². The number of anilines is 3. The van der Waals surface area contributed by atoms with E-state index in [2.05, 4.69) is 136 Å². The first-order chi connectivity index (χ1) is 21.3. The Balaban J connectivity index is 1.34. The molecular formula is C42H34FN. The molecule has 0 radical (unpaired) electrons. The molecule has 44 heavy (non-hydrogen) atoms. The molecule has 0 saturated carbocycles. The van der Waals surface area contributed by atoms with Crippen LogP contribution in [0.3, 0.4) is 0 Å². The molecule has 0 aliphatic heterocycles. The zero-order chi connectivity index (χ0) is 30.2. The highest BCUT2D eigenvalue weighted by Crippen LogP contribution is 2.56. The van der Waals surface area contributed by atoms with Gasteiger partial charge in [-0.15, -0.1) is 0 Å². The Labute approximate surface area is 258 Å². The highest BCUT2D eigenvalue weighted by molar-refractivity contribution is 6.19. The molecule has 0 saturated heterocycles. The fourth-order valence-electron chi connectivity index (χ4n) is 7.58. The Hall–Kier alpha value is -4.95. The van der Waals surface area contributed by atoms with Crippen molar-refractivity contribution in [3.8, 4) is 11.1 Å². The Morgan fingerprint density at radius 3 is 1.77 bits per heavy atom. The molecule has 0 fully saturated rings. The van der Waals surface area contributed by atoms with Crippen molar-refractivity contribution >= 4 is 49.4 Å². The Morgan fingerprint density at radius 1 is 0.545 bits per heavy atom. The number of nitrogens with zero attached hydrogens (tertiary/aromatic N) is 1. The van der Waals surface area contributed by atoms with Gasteiger partial charge in [-0.1, -0.05) is 107 Å². The molecule has 7 aromatic carbocycles. The molecule has 0 aromatic heterocycles. The van der Waals surface area contributed by atoms with Gasteiger partial charge in [0, 0.05) is 22.5 Å². The van der Waals surface area contributed by atoms with Crippen LogP contribution in [0, 0.1) is 5.82 Å². The van der Waals surface area contributed by atoms with Gasteiger partial charge in [0.1, 0.15) is 5.82 Å². The van der Waals surface area contributed by atoms with Crippen LogP contribution in [0.15, 0.2) is 127 Å². The minimum absolute atomic E-state index is 0.182. The zero-order valence-corrected chi connectivity index (χ0v) is 25.5. The SMILES string of the molecule is CC(C)c1ccc(N(c2ccc(F)cc2)c2ccc3c4c(ccc3c2)-c2c(c3ccccc3c3ccccc23)C4(C)C)cc1. The van der Waals surface area contributed by atoms with E-state index in [-0.39, 0.29) is 11.2 Å². The van der Waals surface area contributed by atoms with Gasteiger partial charge in [0.15, 0.2) is 0 Å². The van der Waals surface area contributed by atoms with Crippen molar-refractivity contribution in [2.24, 2.45) is 0 Å². The average Bonchev–Trinajstić information content (AvgIpc) is 3.29. The normalized spacial score (nSPS) is 13.5. The molecule has 214 valence electrons. The van der Waals surface area contributed by atoms with Crippen LogP contribution >= 0.6 is 0 Å². The minimum Gasteiger partial charge on any atom is -0.310 e. The molecule has 2 heteroatoms. The van der Waals surface area contributed by atoms with Crippen molar-refractivity contribution in [3.63, 3.8) is 0 Å². The van der Waals surface area contributed by atoms with Gasteiger partial charge >= 0.3 is 0 Å². The molecular weight excluding hydrogens is 537 g/mol. The second-order valence-electron chi connectivity index (χ2n) is 12.9. The number of fused-ring (bicyclic) bond motifs is 10. The van der Waals surface area contributed by atoms with E-state index in [0.29, 0.717) is 5.92 Å². The smallest absolute Gasteiger partial charge is 0.123 e. The summed E-state index contributed by atoms with van der Waals surface area (Å²) in [4.78, 5) is 2.22. The van der Waals surface area contributed by atoms with Gasteiger partial charge in [-0.25, -0.2) is 4.39 Å². The average molecular weight is 572 g/mol. The molecule has 0 heterocycles. The molecule has 0 N–H and O–H groups in total. The third-order valence-corrected chi connectivity index (χ3v) is 9.62. The van der Waals surface area contributed by atoms with Crippen LogP contribution in [-0.4, -0.2) is 0 Å². The van der Waals surface area contributed by atoms with Gasteiger partial charge in [-0.3, -0.25) is 0 Å². The van der Waals surface area contributed by atoms with Crippen molar-refractivity contribution < 1.29 is 4.39 Å². The third-order valence-electron chi connectivity index (χ3n) is 9.62. The molecule has 8 rings (SSSR count). The lowest BCUT2D eigenvalue weighted by Gasteiger charge is -2.27. The van der Waals surface area contributed by atoms with Crippen LogP contribution in [0.1, 0.15) is 50.3 Å². The lowest BCUT2D eigenvalue weighted by molar-refractivity contribution is 0.628. The number of halogens is 1. The van der Waals surface area contributed by atoms with Crippen molar-refractivity contribution in [1.82, 2.24) is 0 Å². The van der Waals surface area contributed by atoms with Crippen LogP contribution in [0.4, 0.5) is 21.5 Å². The molecule has 1 aliphatic rings. The van der Waals surface area contributed by atoms with E-state index in [1.165, 1.54) is 72.3 Å². The van der Waals surface area contributed by atoms with E-state index < -0.39 is 0 Å². The number of hydrogen-bond acceptors (Lipinski definition) is 1. The Bertz CT molecular complexity index is 2220. The fraction of sp³-hybridized carbons (Fsp3) is 0.143. The zero-order valence-electron chi connectivity index (χ0n) is 25.5. The maximum atomic E-state index is 14.0. The van der Waals surface area contributed by atoms with E-state index in [1.807, 2.05) is 12.1 Å². The summed E-state index contributed by atoms with van der Waals surface area (Å²) in [7, 11) is 0. The summed E-state index contributed by atoms with van der Waals surface area (Å²) in [6, 6.07) is 44.6. The summed E-state index contributed by atoms with van der Waals surface area (Å²) in [6.45, 7) is 9.18. The third kappa shape index (κ3) is 3.90. The van der Waals surface area contributed by atoms with Gasteiger partial charge in [0.2, 0.25) is 0 Å². The molecule has 0 unspecified atom stereocenters. The topological polar surface area (TPSA) is 3.24 Å². The van der Waals surface area contributed by atoms with Crippen LogP contribution in [0.2, 0.25) is 0 Å². The largest absolute Gasteiger partial charge is 0.310 e. The standard InChI is InChI=1S/C42H34FN/c1-26(2)27-13-18-30(19-14-27)44(31-20-16-29(43)17-21-31)32-22-24-33-28(25-32)15-23-38-39-36-11-7-5-9-34(36)35-10-6-8-12-37(35)41(39)42(3,4)40(33)38/h5-26H,1-4H3. The van der Waals surface area contributed by atoms with E-state index in [4.69, 9.17) is 0 Å². The molecule has 0 amide bonds. The summed E-state index contributed by atoms with van der Waals surface area (Å²) in [6.07, 6.45) is 0. The molecule has 0 spiro atoms. The monoisotopic (exact) mass is 571 g/mol. The van der Waals surface area contributed by atoms with Crippen molar-refractivity contribution in [2.45, 2.75) is 39.0 Å². The van der Waals surface area contributed by atoms with E-state index in [9.17, 15) is 4.39 Å².